The van der Waals surface area contributed by atoms with Gasteiger partial charge in [0.1, 0.15) is 0 Å². The first-order valence-corrected chi connectivity index (χ1v) is 8.81. The molecule has 3 heteroatoms. The molecule has 0 aliphatic rings. The number of para-hydroxylation sites is 1. The number of anilines is 1. The van der Waals surface area contributed by atoms with Gasteiger partial charge in [0.2, 0.25) is 0 Å². The maximum Gasteiger partial charge on any atom is 0.265 e. The number of amides is 1. The van der Waals surface area contributed by atoms with Crippen molar-refractivity contribution in [2.45, 2.75) is 5.60 Å². The Morgan fingerprint density at radius 3 is 1.96 bits per heavy atom. The van der Waals surface area contributed by atoms with Crippen LogP contribution in [0.2, 0.25) is 0 Å². The van der Waals surface area contributed by atoms with Crippen LogP contribution < -0.4 is 5.32 Å². The normalized spacial score (nSPS) is 13.1. The molecule has 1 amide bonds. The summed E-state index contributed by atoms with van der Waals surface area (Å²) in [6, 6.07) is 31.7. The molecule has 0 saturated carbocycles. The van der Waals surface area contributed by atoms with Crippen LogP contribution in [0, 0.1) is 0 Å². The molecule has 0 fully saturated rings. The zero-order valence-corrected chi connectivity index (χ0v) is 14.7. The first-order chi connectivity index (χ1) is 13.2. The standard InChI is InChI=1S/C24H19NO2/c26-23(25-22-13-5-2-6-14-22)24(27,20-11-3-1-4-12-20)21-16-15-18-9-7-8-10-19(18)17-21/h1-17,27H,(H,25,26). The lowest BCUT2D eigenvalue weighted by atomic mass is 9.84. The van der Waals surface area contributed by atoms with E-state index in [1.807, 2.05) is 72.8 Å². The van der Waals surface area contributed by atoms with E-state index in [4.69, 9.17) is 0 Å². The van der Waals surface area contributed by atoms with Crippen LogP contribution in [-0.4, -0.2) is 11.0 Å². The summed E-state index contributed by atoms with van der Waals surface area (Å²) in [5.41, 5.74) is -0.117. The molecule has 1 atom stereocenters. The van der Waals surface area contributed by atoms with Gasteiger partial charge in [0.15, 0.2) is 5.60 Å². The van der Waals surface area contributed by atoms with Crippen LogP contribution in [0.3, 0.4) is 0 Å². The summed E-state index contributed by atoms with van der Waals surface area (Å²) in [7, 11) is 0. The summed E-state index contributed by atoms with van der Waals surface area (Å²) < 4.78 is 0. The molecule has 0 saturated heterocycles. The number of fused-ring (bicyclic) bond motifs is 1. The summed E-state index contributed by atoms with van der Waals surface area (Å²) >= 11 is 0. The van der Waals surface area contributed by atoms with Crippen LogP contribution >= 0.6 is 0 Å². The van der Waals surface area contributed by atoms with Crippen LogP contribution in [0.25, 0.3) is 10.8 Å². The van der Waals surface area contributed by atoms with Crippen LogP contribution in [0.4, 0.5) is 5.69 Å². The van der Waals surface area contributed by atoms with Crippen LogP contribution in [0.15, 0.2) is 103 Å². The van der Waals surface area contributed by atoms with Gasteiger partial charge in [0, 0.05) is 5.69 Å². The third-order valence-electron chi connectivity index (χ3n) is 4.72. The molecule has 0 aliphatic heterocycles. The van der Waals surface area contributed by atoms with Gasteiger partial charge in [-0.2, -0.15) is 0 Å². The molecule has 4 aromatic carbocycles. The van der Waals surface area contributed by atoms with Gasteiger partial charge in [-0.15, -0.1) is 0 Å². The number of benzene rings is 4. The third-order valence-corrected chi connectivity index (χ3v) is 4.72. The Kier molecular flexibility index (Phi) is 4.45. The molecule has 4 aromatic rings. The van der Waals surface area contributed by atoms with Crippen molar-refractivity contribution in [1.29, 1.82) is 0 Å². The van der Waals surface area contributed by atoms with E-state index in [0.717, 1.165) is 10.8 Å². The molecule has 0 heterocycles. The number of carbonyl (C=O) groups excluding carboxylic acids is 1. The van der Waals surface area contributed by atoms with Crippen molar-refractivity contribution >= 4 is 22.4 Å². The third kappa shape index (κ3) is 3.21. The van der Waals surface area contributed by atoms with E-state index in [1.54, 1.807) is 30.3 Å². The van der Waals surface area contributed by atoms with E-state index in [0.29, 0.717) is 16.8 Å². The molecule has 2 N–H and O–H groups in total. The fourth-order valence-electron chi connectivity index (χ4n) is 3.27. The Morgan fingerprint density at radius 2 is 1.26 bits per heavy atom. The van der Waals surface area contributed by atoms with E-state index < -0.39 is 11.5 Å². The van der Waals surface area contributed by atoms with Gasteiger partial charge in [-0.1, -0.05) is 84.9 Å². The second kappa shape index (κ2) is 7.06. The summed E-state index contributed by atoms with van der Waals surface area (Å²) in [5, 5.41) is 16.5. The summed E-state index contributed by atoms with van der Waals surface area (Å²) in [5.74, 6) is -0.491. The van der Waals surface area contributed by atoms with Crippen molar-refractivity contribution in [2.75, 3.05) is 5.32 Å². The second-order valence-corrected chi connectivity index (χ2v) is 6.46. The predicted molar refractivity (Wildman–Crippen MR) is 108 cm³/mol. The van der Waals surface area contributed by atoms with Crippen LogP contribution in [-0.2, 0) is 10.4 Å². The van der Waals surface area contributed by atoms with Crippen LogP contribution in [0.1, 0.15) is 11.1 Å². The minimum Gasteiger partial charge on any atom is -0.372 e. The maximum absolute atomic E-state index is 13.2. The van der Waals surface area contributed by atoms with Gasteiger partial charge in [0.25, 0.3) is 5.91 Å². The molecule has 0 aliphatic carbocycles. The topological polar surface area (TPSA) is 49.3 Å². The van der Waals surface area contributed by atoms with Crippen molar-refractivity contribution in [3.05, 3.63) is 114 Å². The molecule has 3 nitrogen and oxygen atoms in total. The van der Waals surface area contributed by atoms with E-state index in [-0.39, 0.29) is 0 Å². The number of rotatable bonds is 4. The monoisotopic (exact) mass is 353 g/mol. The van der Waals surface area contributed by atoms with Crippen molar-refractivity contribution in [3.63, 3.8) is 0 Å². The largest absolute Gasteiger partial charge is 0.372 e. The maximum atomic E-state index is 13.2. The van der Waals surface area contributed by atoms with E-state index in [2.05, 4.69) is 5.32 Å². The van der Waals surface area contributed by atoms with Gasteiger partial charge in [-0.05, 0) is 40.1 Å². The lowest BCUT2D eigenvalue weighted by Gasteiger charge is -2.28. The first kappa shape index (κ1) is 17.0. The average molecular weight is 353 g/mol. The van der Waals surface area contributed by atoms with E-state index in [9.17, 15) is 9.90 Å². The van der Waals surface area contributed by atoms with Gasteiger partial charge >= 0.3 is 0 Å². The summed E-state index contributed by atoms with van der Waals surface area (Å²) in [4.78, 5) is 13.2. The van der Waals surface area contributed by atoms with Crippen molar-refractivity contribution in [1.82, 2.24) is 0 Å². The van der Waals surface area contributed by atoms with Gasteiger partial charge in [-0.3, -0.25) is 4.79 Å². The summed E-state index contributed by atoms with van der Waals surface area (Å²) in [6.07, 6.45) is 0. The van der Waals surface area contributed by atoms with E-state index in [1.165, 1.54) is 0 Å². The quantitative estimate of drug-likeness (QED) is 0.558. The molecular weight excluding hydrogens is 334 g/mol. The van der Waals surface area contributed by atoms with Gasteiger partial charge < -0.3 is 10.4 Å². The molecule has 0 spiro atoms. The highest BCUT2D eigenvalue weighted by Crippen LogP contribution is 2.33. The predicted octanol–water partition coefficient (Wildman–Crippen LogP) is 4.71. The molecule has 0 aromatic heterocycles. The fourth-order valence-corrected chi connectivity index (χ4v) is 3.27. The number of carbonyl (C=O) groups is 1. The Morgan fingerprint density at radius 1 is 0.667 bits per heavy atom. The van der Waals surface area contributed by atoms with Crippen molar-refractivity contribution in [2.24, 2.45) is 0 Å². The molecule has 4 rings (SSSR count). The average Bonchev–Trinajstić information content (AvgIpc) is 2.74. The number of nitrogens with one attached hydrogen (secondary N) is 1. The molecule has 1 unspecified atom stereocenters. The zero-order chi connectivity index (χ0) is 18.7. The Balaban J connectivity index is 1.84. The fraction of sp³-hybridized carbons (Fsp3) is 0.0417. The Labute approximate surface area is 157 Å². The molecule has 0 bridgehead atoms. The Bertz CT molecular complexity index is 1080. The van der Waals surface area contributed by atoms with Crippen LogP contribution in [0.5, 0.6) is 0 Å². The highest BCUT2D eigenvalue weighted by atomic mass is 16.3. The number of hydrogen-bond donors (Lipinski definition) is 2. The Hall–Kier alpha value is -3.43. The van der Waals surface area contributed by atoms with E-state index >= 15 is 0 Å². The highest BCUT2D eigenvalue weighted by molar-refractivity contribution is 6.01. The van der Waals surface area contributed by atoms with Gasteiger partial charge in [0.05, 0.1) is 0 Å². The van der Waals surface area contributed by atoms with Crippen molar-refractivity contribution < 1.29 is 9.90 Å². The van der Waals surface area contributed by atoms with Gasteiger partial charge in [-0.25, -0.2) is 0 Å². The highest BCUT2D eigenvalue weighted by Gasteiger charge is 2.40. The number of hydrogen-bond acceptors (Lipinski definition) is 2. The van der Waals surface area contributed by atoms with Crippen molar-refractivity contribution in [3.8, 4) is 0 Å². The second-order valence-electron chi connectivity index (χ2n) is 6.46. The smallest absolute Gasteiger partial charge is 0.265 e. The summed E-state index contributed by atoms with van der Waals surface area (Å²) in [6.45, 7) is 0. The first-order valence-electron chi connectivity index (χ1n) is 8.81. The zero-order valence-electron chi connectivity index (χ0n) is 14.7. The lowest BCUT2D eigenvalue weighted by molar-refractivity contribution is -0.131. The molecule has 27 heavy (non-hydrogen) atoms. The SMILES string of the molecule is O=C(Nc1ccccc1)C(O)(c1ccccc1)c1ccc2ccccc2c1. The minimum absolute atomic E-state index is 0.491. The lowest BCUT2D eigenvalue weighted by Crippen LogP contribution is -2.41. The minimum atomic E-state index is -1.80. The number of aliphatic hydroxyl groups is 1. The molecular formula is C24H19NO2. The molecule has 132 valence electrons. The molecule has 0 radical (unpaired) electrons.